The van der Waals surface area contributed by atoms with Gasteiger partial charge in [0.2, 0.25) is 0 Å². The van der Waals surface area contributed by atoms with Gasteiger partial charge in [-0.1, -0.05) is 29.8 Å². The molecule has 1 aliphatic rings. The lowest BCUT2D eigenvalue weighted by Crippen LogP contribution is -2.45. The average Bonchev–Trinajstić information content (AvgIpc) is 2.98. The number of carboxylic acid groups (broad SMARTS) is 1. The lowest BCUT2D eigenvalue weighted by Gasteiger charge is -2.37. The minimum absolute atomic E-state index is 0.103. The summed E-state index contributed by atoms with van der Waals surface area (Å²) in [5.74, 6) is -0.894. The topological polar surface area (TPSA) is 40.5 Å². The Bertz CT molecular complexity index is 677. The van der Waals surface area contributed by atoms with Gasteiger partial charge in [0.1, 0.15) is 0 Å². The van der Waals surface area contributed by atoms with E-state index < -0.39 is 5.97 Å². The van der Waals surface area contributed by atoms with Crippen LogP contribution in [-0.4, -0.2) is 28.6 Å². The third-order valence-corrected chi connectivity index (χ3v) is 5.91. The molecule has 23 heavy (non-hydrogen) atoms. The number of carbonyl (C=O) groups is 1. The number of aryl methyl sites for hydroxylation is 1. The molecular weight excluding hydrogens is 306 g/mol. The summed E-state index contributed by atoms with van der Waals surface area (Å²) in [7, 11) is 0. The summed E-state index contributed by atoms with van der Waals surface area (Å²) in [6.07, 6.45) is 1.77. The summed E-state index contributed by atoms with van der Waals surface area (Å²) in [5, 5.41) is 9.34. The molecule has 1 aliphatic heterocycles. The molecule has 2 atom stereocenters. The van der Waals surface area contributed by atoms with Gasteiger partial charge in [-0.2, -0.15) is 0 Å². The van der Waals surface area contributed by atoms with Crippen molar-refractivity contribution in [2.45, 2.75) is 39.3 Å². The number of benzene rings is 1. The molecule has 0 bridgehead atoms. The molecule has 3 rings (SSSR count). The molecule has 1 N–H and O–H groups in total. The van der Waals surface area contributed by atoms with Crippen molar-refractivity contribution in [3.8, 4) is 10.4 Å². The number of rotatable bonds is 4. The smallest absolute Gasteiger partial charge is 0.308 e. The highest BCUT2D eigenvalue weighted by Crippen LogP contribution is 2.31. The van der Waals surface area contributed by atoms with Gasteiger partial charge in [0.15, 0.2) is 0 Å². The highest BCUT2D eigenvalue weighted by Gasteiger charge is 2.32. The predicted molar refractivity (Wildman–Crippen MR) is 94.7 cm³/mol. The lowest BCUT2D eigenvalue weighted by molar-refractivity contribution is -0.145. The molecule has 0 spiro atoms. The van der Waals surface area contributed by atoms with E-state index in [4.69, 9.17) is 0 Å². The third kappa shape index (κ3) is 3.65. The molecule has 4 heteroatoms. The van der Waals surface area contributed by atoms with E-state index in [-0.39, 0.29) is 12.0 Å². The van der Waals surface area contributed by atoms with Crippen molar-refractivity contribution >= 4 is 17.3 Å². The monoisotopic (exact) mass is 329 g/mol. The van der Waals surface area contributed by atoms with E-state index in [2.05, 4.69) is 48.2 Å². The van der Waals surface area contributed by atoms with Crippen LogP contribution in [0.5, 0.6) is 0 Å². The van der Waals surface area contributed by atoms with Crippen molar-refractivity contribution in [3.63, 3.8) is 0 Å². The summed E-state index contributed by atoms with van der Waals surface area (Å²) in [6.45, 7) is 5.98. The van der Waals surface area contributed by atoms with Crippen molar-refractivity contribution in [3.05, 3.63) is 46.8 Å². The predicted octanol–water partition coefficient (Wildman–Crippen LogP) is 4.41. The molecule has 2 aromatic rings. The molecule has 0 saturated carbocycles. The summed E-state index contributed by atoms with van der Waals surface area (Å²) < 4.78 is 0. The second-order valence-electron chi connectivity index (χ2n) is 6.43. The lowest BCUT2D eigenvalue weighted by atomic mass is 9.90. The van der Waals surface area contributed by atoms with Crippen molar-refractivity contribution in [2.24, 2.45) is 5.92 Å². The van der Waals surface area contributed by atoms with E-state index in [1.807, 2.05) is 18.3 Å². The molecular formula is C19H23NO2S. The molecule has 1 aromatic heterocycles. The van der Waals surface area contributed by atoms with Crippen LogP contribution in [0.1, 0.15) is 30.2 Å². The maximum absolute atomic E-state index is 11.4. The largest absolute Gasteiger partial charge is 0.481 e. The Morgan fingerprint density at radius 1 is 1.26 bits per heavy atom. The van der Waals surface area contributed by atoms with E-state index >= 15 is 0 Å². The van der Waals surface area contributed by atoms with Gasteiger partial charge in [-0.3, -0.25) is 9.69 Å². The van der Waals surface area contributed by atoms with Gasteiger partial charge in [-0.05, 0) is 50.9 Å². The Labute approximate surface area is 141 Å². The second-order valence-corrected chi connectivity index (χ2v) is 7.60. The molecule has 1 aromatic carbocycles. The Morgan fingerprint density at radius 3 is 2.70 bits per heavy atom. The van der Waals surface area contributed by atoms with Crippen LogP contribution in [0.2, 0.25) is 0 Å². The zero-order valence-electron chi connectivity index (χ0n) is 13.7. The number of hydrogen-bond donors (Lipinski definition) is 1. The van der Waals surface area contributed by atoms with Gasteiger partial charge in [0.25, 0.3) is 0 Å². The molecule has 2 heterocycles. The third-order valence-electron chi connectivity index (χ3n) is 4.79. The van der Waals surface area contributed by atoms with Crippen LogP contribution in [0.4, 0.5) is 0 Å². The fourth-order valence-electron chi connectivity index (χ4n) is 3.30. The van der Waals surface area contributed by atoms with Crippen LogP contribution in [-0.2, 0) is 11.3 Å². The van der Waals surface area contributed by atoms with Crippen LogP contribution in [0, 0.1) is 12.8 Å². The first kappa shape index (κ1) is 16.2. The van der Waals surface area contributed by atoms with Crippen LogP contribution in [0.15, 0.2) is 36.4 Å². The normalized spacial score (nSPS) is 22.2. The van der Waals surface area contributed by atoms with Crippen LogP contribution < -0.4 is 0 Å². The Morgan fingerprint density at radius 2 is 2.00 bits per heavy atom. The Balaban J connectivity index is 1.71. The standard InChI is InChI=1S/C19H23NO2S/c1-13-5-7-15(8-6-13)18-10-9-16(23-18)12-20-11-3-4-17(14(20)2)19(21)22/h5-10,14,17H,3-4,11-12H2,1-2H3,(H,21,22)/t14-,17-/m1/s1. The minimum atomic E-state index is -0.659. The number of likely N-dealkylation sites (tertiary alicyclic amines) is 1. The van der Waals surface area contributed by atoms with Crippen molar-refractivity contribution in [1.29, 1.82) is 0 Å². The second kappa shape index (κ2) is 6.85. The van der Waals surface area contributed by atoms with Crippen molar-refractivity contribution in [2.75, 3.05) is 6.54 Å². The van der Waals surface area contributed by atoms with Gasteiger partial charge >= 0.3 is 5.97 Å². The number of nitrogens with zero attached hydrogens (tertiary/aromatic N) is 1. The fraction of sp³-hybridized carbons (Fsp3) is 0.421. The maximum Gasteiger partial charge on any atom is 0.308 e. The van der Waals surface area contributed by atoms with E-state index in [9.17, 15) is 9.90 Å². The summed E-state index contributed by atoms with van der Waals surface area (Å²) >= 11 is 1.81. The van der Waals surface area contributed by atoms with Crippen molar-refractivity contribution in [1.82, 2.24) is 4.90 Å². The molecule has 122 valence electrons. The number of carboxylic acids is 1. The summed E-state index contributed by atoms with van der Waals surface area (Å²) in [4.78, 5) is 16.2. The van der Waals surface area contributed by atoms with Crippen LogP contribution >= 0.6 is 11.3 Å². The quantitative estimate of drug-likeness (QED) is 0.903. The van der Waals surface area contributed by atoms with Gasteiger partial charge in [-0.25, -0.2) is 0 Å². The van der Waals surface area contributed by atoms with Gasteiger partial charge in [-0.15, -0.1) is 11.3 Å². The SMILES string of the molecule is Cc1ccc(-c2ccc(CN3CCC[C@@H](C(=O)O)[C@H]3C)s2)cc1. The minimum Gasteiger partial charge on any atom is -0.481 e. The number of piperidine rings is 1. The zero-order valence-corrected chi connectivity index (χ0v) is 14.5. The zero-order chi connectivity index (χ0) is 16.4. The molecule has 0 unspecified atom stereocenters. The van der Waals surface area contributed by atoms with E-state index in [1.54, 1.807) is 0 Å². The summed E-state index contributed by atoms with van der Waals surface area (Å²) in [6, 6.07) is 13.1. The first-order valence-electron chi connectivity index (χ1n) is 8.17. The molecule has 1 fully saturated rings. The van der Waals surface area contributed by atoms with Gasteiger partial charge in [0, 0.05) is 22.3 Å². The number of aliphatic carboxylic acids is 1. The first-order valence-corrected chi connectivity index (χ1v) is 8.99. The van der Waals surface area contributed by atoms with Crippen LogP contribution in [0.25, 0.3) is 10.4 Å². The molecule has 0 amide bonds. The van der Waals surface area contributed by atoms with E-state index in [1.165, 1.54) is 20.9 Å². The van der Waals surface area contributed by atoms with Crippen LogP contribution in [0.3, 0.4) is 0 Å². The molecule has 3 nitrogen and oxygen atoms in total. The van der Waals surface area contributed by atoms with Gasteiger partial charge < -0.3 is 5.11 Å². The van der Waals surface area contributed by atoms with E-state index in [0.717, 1.165) is 25.9 Å². The maximum atomic E-state index is 11.4. The average molecular weight is 329 g/mol. The Kier molecular flexibility index (Phi) is 4.83. The fourth-order valence-corrected chi connectivity index (χ4v) is 4.34. The molecule has 0 aliphatic carbocycles. The van der Waals surface area contributed by atoms with Crippen molar-refractivity contribution < 1.29 is 9.90 Å². The van der Waals surface area contributed by atoms with Gasteiger partial charge in [0.05, 0.1) is 5.92 Å². The molecule has 1 saturated heterocycles. The molecule has 0 radical (unpaired) electrons. The summed E-state index contributed by atoms with van der Waals surface area (Å²) in [5.41, 5.74) is 2.52. The number of hydrogen-bond acceptors (Lipinski definition) is 3. The highest BCUT2D eigenvalue weighted by atomic mass is 32.1. The Hall–Kier alpha value is -1.65. The highest BCUT2D eigenvalue weighted by molar-refractivity contribution is 7.15. The first-order chi connectivity index (χ1) is 11.0. The van der Waals surface area contributed by atoms with E-state index in [0.29, 0.717) is 0 Å². The number of thiophene rings is 1.